The third kappa shape index (κ3) is 4.03. The summed E-state index contributed by atoms with van der Waals surface area (Å²) < 4.78 is 14.2. The largest absolute Gasteiger partial charge is 0.322 e. The van der Waals surface area contributed by atoms with Crippen molar-refractivity contribution in [1.82, 2.24) is 0 Å². The monoisotopic (exact) mass is 358 g/mol. The van der Waals surface area contributed by atoms with Crippen LogP contribution in [0.3, 0.4) is 0 Å². The molecular weight excluding hydrogens is 347 g/mol. The first kappa shape index (κ1) is 16.6. The van der Waals surface area contributed by atoms with Crippen LogP contribution in [0, 0.1) is 5.82 Å². The average Bonchev–Trinajstić information content (AvgIpc) is 2.42. The summed E-state index contributed by atoms with van der Waals surface area (Å²) in [6.07, 6.45) is 0. The summed E-state index contributed by atoms with van der Waals surface area (Å²) in [6.45, 7) is 0. The van der Waals surface area contributed by atoms with Crippen molar-refractivity contribution < 1.29 is 9.18 Å². The number of amides is 1. The Morgan fingerprint density at radius 2 is 1.85 bits per heavy atom. The highest BCUT2D eigenvalue weighted by molar-refractivity contribution is 9.10. The highest BCUT2D eigenvalue weighted by atomic mass is 79.9. The number of benzene rings is 2. The van der Waals surface area contributed by atoms with E-state index in [0.717, 1.165) is 0 Å². The van der Waals surface area contributed by atoms with Gasteiger partial charge in [0.2, 0.25) is 5.91 Å². The minimum Gasteiger partial charge on any atom is -0.322 e. The maximum Gasteiger partial charge on any atom is 0.245 e. The molecule has 2 aromatic rings. The zero-order valence-corrected chi connectivity index (χ0v) is 12.7. The Kier molecular flexibility index (Phi) is 6.13. The normalized spacial score (nSPS) is 11.3. The van der Waals surface area contributed by atoms with E-state index in [1.54, 1.807) is 30.3 Å². The minimum absolute atomic E-state index is 0. The van der Waals surface area contributed by atoms with Crippen molar-refractivity contribution in [2.24, 2.45) is 5.73 Å². The van der Waals surface area contributed by atoms with Gasteiger partial charge in [-0.15, -0.1) is 12.4 Å². The number of anilines is 1. The first-order chi connectivity index (χ1) is 9.08. The molecule has 0 aliphatic heterocycles. The Morgan fingerprint density at radius 1 is 1.20 bits per heavy atom. The molecule has 6 heteroatoms. The summed E-state index contributed by atoms with van der Waals surface area (Å²) in [5, 5.41) is 2.48. The van der Waals surface area contributed by atoms with Crippen LogP contribution in [-0.4, -0.2) is 5.91 Å². The molecule has 1 atom stereocenters. The van der Waals surface area contributed by atoms with E-state index in [1.807, 2.05) is 6.07 Å². The molecule has 0 bridgehead atoms. The van der Waals surface area contributed by atoms with E-state index in [0.29, 0.717) is 10.0 Å². The molecule has 0 saturated carbocycles. The van der Waals surface area contributed by atoms with Gasteiger partial charge in [0.15, 0.2) is 0 Å². The van der Waals surface area contributed by atoms with Crippen LogP contribution in [-0.2, 0) is 4.79 Å². The third-order valence-electron chi connectivity index (χ3n) is 2.63. The number of nitrogens with one attached hydrogen (secondary N) is 1. The lowest BCUT2D eigenvalue weighted by Gasteiger charge is -2.13. The Hall–Kier alpha value is -1.43. The fourth-order valence-corrected chi connectivity index (χ4v) is 1.95. The van der Waals surface area contributed by atoms with Crippen molar-refractivity contribution in [2.45, 2.75) is 6.04 Å². The van der Waals surface area contributed by atoms with Gasteiger partial charge in [0, 0.05) is 4.47 Å². The Labute approximate surface area is 130 Å². The van der Waals surface area contributed by atoms with Gasteiger partial charge in [0.25, 0.3) is 0 Å². The summed E-state index contributed by atoms with van der Waals surface area (Å²) in [5.41, 5.74) is 6.61. The molecule has 0 saturated heterocycles. The maximum atomic E-state index is 13.6. The van der Waals surface area contributed by atoms with Crippen molar-refractivity contribution in [2.75, 3.05) is 5.32 Å². The van der Waals surface area contributed by atoms with Crippen LogP contribution in [0.25, 0.3) is 0 Å². The second kappa shape index (κ2) is 7.38. The van der Waals surface area contributed by atoms with Gasteiger partial charge in [-0.3, -0.25) is 4.79 Å². The average molecular weight is 360 g/mol. The molecular formula is C14H13BrClFN2O. The number of carbonyl (C=O) groups excluding carboxylic acids is 1. The molecule has 3 N–H and O–H groups in total. The van der Waals surface area contributed by atoms with Crippen LogP contribution in [0.1, 0.15) is 11.6 Å². The van der Waals surface area contributed by atoms with Crippen molar-refractivity contribution in [3.63, 3.8) is 0 Å². The summed E-state index contributed by atoms with van der Waals surface area (Å²) in [5.74, 6) is -0.963. The highest BCUT2D eigenvalue weighted by Gasteiger charge is 2.16. The van der Waals surface area contributed by atoms with E-state index in [4.69, 9.17) is 5.73 Å². The first-order valence-corrected chi connectivity index (χ1v) is 6.43. The number of rotatable bonds is 3. The van der Waals surface area contributed by atoms with Gasteiger partial charge in [0.1, 0.15) is 11.9 Å². The van der Waals surface area contributed by atoms with E-state index in [-0.39, 0.29) is 18.1 Å². The molecule has 0 aromatic heterocycles. The molecule has 0 radical (unpaired) electrons. The van der Waals surface area contributed by atoms with Gasteiger partial charge in [0.05, 0.1) is 5.69 Å². The quantitative estimate of drug-likeness (QED) is 0.879. The van der Waals surface area contributed by atoms with E-state index in [2.05, 4.69) is 21.2 Å². The van der Waals surface area contributed by atoms with Gasteiger partial charge >= 0.3 is 0 Å². The number of carbonyl (C=O) groups is 1. The molecule has 106 valence electrons. The van der Waals surface area contributed by atoms with Crippen molar-refractivity contribution in [1.29, 1.82) is 0 Å². The van der Waals surface area contributed by atoms with Gasteiger partial charge in [-0.25, -0.2) is 4.39 Å². The van der Waals surface area contributed by atoms with Crippen LogP contribution < -0.4 is 11.1 Å². The van der Waals surface area contributed by atoms with Crippen LogP contribution >= 0.6 is 28.3 Å². The molecule has 1 unspecified atom stereocenters. The van der Waals surface area contributed by atoms with Gasteiger partial charge < -0.3 is 11.1 Å². The SMILES string of the molecule is Cl.NC(C(=O)Nc1ccc(Br)cc1F)c1ccccc1. The predicted octanol–water partition coefficient (Wildman–Crippen LogP) is 3.65. The Bertz CT molecular complexity index is 595. The van der Waals surface area contributed by atoms with Gasteiger partial charge in [-0.2, -0.15) is 0 Å². The Balaban J connectivity index is 0.00000200. The highest BCUT2D eigenvalue weighted by Crippen LogP contribution is 2.20. The molecule has 0 aliphatic rings. The molecule has 0 fully saturated rings. The minimum atomic E-state index is -0.829. The molecule has 2 aromatic carbocycles. The summed E-state index contributed by atoms with van der Waals surface area (Å²) >= 11 is 3.15. The van der Waals surface area contributed by atoms with Crippen molar-refractivity contribution in [3.05, 3.63) is 64.4 Å². The second-order valence-electron chi connectivity index (χ2n) is 4.00. The molecule has 1 amide bonds. The number of hydrogen-bond donors (Lipinski definition) is 2. The summed E-state index contributed by atoms with van der Waals surface area (Å²) in [4.78, 5) is 11.9. The molecule has 0 spiro atoms. The van der Waals surface area contributed by atoms with Gasteiger partial charge in [-0.05, 0) is 23.8 Å². The summed E-state index contributed by atoms with van der Waals surface area (Å²) in [7, 11) is 0. The Morgan fingerprint density at radius 3 is 2.45 bits per heavy atom. The molecule has 20 heavy (non-hydrogen) atoms. The van der Waals surface area contributed by atoms with Crippen molar-refractivity contribution in [3.8, 4) is 0 Å². The van der Waals surface area contributed by atoms with E-state index in [1.165, 1.54) is 12.1 Å². The number of hydrogen-bond acceptors (Lipinski definition) is 2. The smallest absolute Gasteiger partial charge is 0.245 e. The van der Waals surface area contributed by atoms with Crippen LogP contribution in [0.4, 0.5) is 10.1 Å². The lowest BCUT2D eigenvalue weighted by Crippen LogP contribution is -2.28. The van der Waals surface area contributed by atoms with E-state index < -0.39 is 17.8 Å². The second-order valence-corrected chi connectivity index (χ2v) is 4.92. The third-order valence-corrected chi connectivity index (χ3v) is 3.12. The fraction of sp³-hybridized carbons (Fsp3) is 0.0714. The zero-order valence-electron chi connectivity index (χ0n) is 10.3. The molecule has 0 heterocycles. The van der Waals surface area contributed by atoms with E-state index >= 15 is 0 Å². The van der Waals surface area contributed by atoms with Crippen molar-refractivity contribution >= 4 is 39.9 Å². The molecule has 2 rings (SSSR count). The lowest BCUT2D eigenvalue weighted by molar-refractivity contribution is -0.117. The van der Waals surface area contributed by atoms with Crippen LogP contribution in [0.15, 0.2) is 53.0 Å². The predicted molar refractivity (Wildman–Crippen MR) is 83.3 cm³/mol. The van der Waals surface area contributed by atoms with Crippen LogP contribution in [0.2, 0.25) is 0 Å². The first-order valence-electron chi connectivity index (χ1n) is 5.64. The standard InChI is InChI=1S/C14H12BrFN2O.ClH/c15-10-6-7-12(11(16)8-10)18-14(19)13(17)9-4-2-1-3-5-9;/h1-8,13H,17H2,(H,18,19);1H. The number of halogens is 3. The summed E-state index contributed by atoms with van der Waals surface area (Å²) in [6, 6.07) is 12.5. The lowest BCUT2D eigenvalue weighted by atomic mass is 10.1. The topological polar surface area (TPSA) is 55.1 Å². The van der Waals surface area contributed by atoms with Gasteiger partial charge in [-0.1, -0.05) is 46.3 Å². The fourth-order valence-electron chi connectivity index (χ4n) is 1.61. The van der Waals surface area contributed by atoms with Crippen LogP contribution in [0.5, 0.6) is 0 Å². The zero-order chi connectivity index (χ0) is 13.8. The molecule has 0 aliphatic carbocycles. The maximum absolute atomic E-state index is 13.6. The number of nitrogens with two attached hydrogens (primary N) is 1. The molecule has 3 nitrogen and oxygen atoms in total. The van der Waals surface area contributed by atoms with E-state index in [9.17, 15) is 9.18 Å².